The fourth-order valence-corrected chi connectivity index (χ4v) is 3.75. The zero-order valence-electron chi connectivity index (χ0n) is 16.1. The van der Waals surface area contributed by atoms with Crippen LogP contribution in [0.4, 0.5) is 5.69 Å². The summed E-state index contributed by atoms with van der Waals surface area (Å²) in [6.07, 6.45) is 0. The summed E-state index contributed by atoms with van der Waals surface area (Å²) in [6, 6.07) is 13.1. The van der Waals surface area contributed by atoms with E-state index in [1.54, 1.807) is 25.3 Å². The molecule has 0 radical (unpaired) electrons. The van der Waals surface area contributed by atoms with Gasteiger partial charge in [-0.2, -0.15) is 0 Å². The number of hydrogen-bond donors (Lipinski definition) is 1. The molecule has 0 saturated carbocycles. The Hall–Kier alpha value is -2.51. The second-order valence-electron chi connectivity index (χ2n) is 6.28. The third-order valence-corrected chi connectivity index (χ3v) is 5.72. The van der Waals surface area contributed by atoms with Crippen molar-refractivity contribution in [3.63, 3.8) is 0 Å². The normalized spacial score (nSPS) is 11.9. The predicted octanol–water partition coefficient (Wildman–Crippen LogP) is 4.57. The number of thioether (sulfide) groups is 1. The Kier molecular flexibility index (Phi) is 6.26. The van der Waals surface area contributed by atoms with Gasteiger partial charge in [0.1, 0.15) is 5.75 Å². The van der Waals surface area contributed by atoms with E-state index >= 15 is 0 Å². The molecule has 8 heteroatoms. The molecule has 0 fully saturated rings. The Morgan fingerprint density at radius 3 is 2.68 bits per heavy atom. The SMILES string of the molecule is COc1ccc(NC(=O)C(C)Sc2nnc(-c3ccccc3C)n2C)cc1Cl. The minimum atomic E-state index is -0.367. The van der Waals surface area contributed by atoms with Crippen molar-refractivity contribution in [2.75, 3.05) is 12.4 Å². The van der Waals surface area contributed by atoms with Crippen LogP contribution >= 0.6 is 23.4 Å². The Morgan fingerprint density at radius 2 is 2.00 bits per heavy atom. The van der Waals surface area contributed by atoms with Crippen LogP contribution in [0.15, 0.2) is 47.6 Å². The van der Waals surface area contributed by atoms with Crippen LogP contribution in [0.2, 0.25) is 5.02 Å². The van der Waals surface area contributed by atoms with Gasteiger partial charge >= 0.3 is 0 Å². The predicted molar refractivity (Wildman–Crippen MR) is 113 cm³/mol. The topological polar surface area (TPSA) is 69.0 Å². The van der Waals surface area contributed by atoms with Gasteiger partial charge in [0.05, 0.1) is 17.4 Å². The van der Waals surface area contributed by atoms with Crippen molar-refractivity contribution in [3.05, 3.63) is 53.1 Å². The molecule has 6 nitrogen and oxygen atoms in total. The molecule has 1 N–H and O–H groups in total. The average Bonchev–Trinajstić information content (AvgIpc) is 3.02. The lowest BCUT2D eigenvalue weighted by molar-refractivity contribution is -0.115. The first kappa shape index (κ1) is 20.2. The maximum absolute atomic E-state index is 12.6. The van der Waals surface area contributed by atoms with Crippen LogP contribution in [-0.2, 0) is 11.8 Å². The van der Waals surface area contributed by atoms with Crippen molar-refractivity contribution in [2.24, 2.45) is 7.05 Å². The molecule has 1 amide bonds. The highest BCUT2D eigenvalue weighted by atomic mass is 35.5. The zero-order chi connectivity index (χ0) is 20.3. The van der Waals surface area contributed by atoms with E-state index in [1.165, 1.54) is 11.8 Å². The number of anilines is 1. The lowest BCUT2D eigenvalue weighted by Gasteiger charge is -2.13. The van der Waals surface area contributed by atoms with Crippen LogP contribution < -0.4 is 10.1 Å². The third-order valence-electron chi connectivity index (χ3n) is 4.29. The number of carbonyl (C=O) groups excluding carboxylic acids is 1. The Labute approximate surface area is 173 Å². The molecular weight excluding hydrogens is 396 g/mol. The van der Waals surface area contributed by atoms with E-state index in [-0.39, 0.29) is 11.2 Å². The number of rotatable bonds is 6. The highest BCUT2D eigenvalue weighted by Gasteiger charge is 2.20. The summed E-state index contributed by atoms with van der Waals surface area (Å²) >= 11 is 7.46. The number of aryl methyl sites for hydroxylation is 1. The van der Waals surface area contributed by atoms with E-state index in [9.17, 15) is 4.79 Å². The molecule has 1 atom stereocenters. The lowest BCUT2D eigenvalue weighted by Crippen LogP contribution is -2.22. The molecule has 0 bridgehead atoms. The number of carbonyl (C=O) groups is 1. The van der Waals surface area contributed by atoms with Crippen LogP contribution in [0, 0.1) is 6.92 Å². The van der Waals surface area contributed by atoms with Crippen molar-refractivity contribution in [3.8, 4) is 17.1 Å². The van der Waals surface area contributed by atoms with Crippen molar-refractivity contribution in [1.82, 2.24) is 14.8 Å². The van der Waals surface area contributed by atoms with Crippen molar-refractivity contribution < 1.29 is 9.53 Å². The summed E-state index contributed by atoms with van der Waals surface area (Å²) in [7, 11) is 3.45. The second kappa shape index (κ2) is 8.67. The van der Waals surface area contributed by atoms with Gasteiger partial charge in [-0.05, 0) is 37.6 Å². The molecule has 3 rings (SSSR count). The highest BCUT2D eigenvalue weighted by Crippen LogP contribution is 2.29. The van der Waals surface area contributed by atoms with E-state index in [4.69, 9.17) is 16.3 Å². The summed E-state index contributed by atoms with van der Waals surface area (Å²) in [4.78, 5) is 12.6. The molecule has 2 aromatic carbocycles. The largest absolute Gasteiger partial charge is 0.495 e. The fourth-order valence-electron chi connectivity index (χ4n) is 2.68. The lowest BCUT2D eigenvalue weighted by atomic mass is 10.1. The second-order valence-corrected chi connectivity index (χ2v) is 7.99. The van der Waals surface area contributed by atoms with E-state index in [1.807, 2.05) is 49.7 Å². The van der Waals surface area contributed by atoms with Gasteiger partial charge in [-0.1, -0.05) is 47.6 Å². The standard InChI is InChI=1S/C20H21ClN4O2S/c1-12-7-5-6-8-15(12)18-23-24-20(25(18)3)28-13(2)19(26)22-14-9-10-17(27-4)16(21)11-14/h5-11,13H,1-4H3,(H,22,26). The van der Waals surface area contributed by atoms with Crippen LogP contribution in [0.5, 0.6) is 5.75 Å². The van der Waals surface area contributed by atoms with E-state index < -0.39 is 0 Å². The molecule has 1 heterocycles. The first-order valence-electron chi connectivity index (χ1n) is 8.67. The number of hydrogen-bond acceptors (Lipinski definition) is 5. The summed E-state index contributed by atoms with van der Waals surface area (Å²) in [5.41, 5.74) is 2.76. The smallest absolute Gasteiger partial charge is 0.237 e. The number of methoxy groups -OCH3 is 1. The van der Waals surface area contributed by atoms with Gasteiger partial charge in [0.25, 0.3) is 0 Å². The highest BCUT2D eigenvalue weighted by molar-refractivity contribution is 8.00. The average molecular weight is 417 g/mol. The Bertz CT molecular complexity index is 1010. The van der Waals surface area contributed by atoms with Gasteiger partial charge in [0, 0.05) is 18.3 Å². The number of aromatic nitrogens is 3. The van der Waals surface area contributed by atoms with Gasteiger partial charge in [0.15, 0.2) is 11.0 Å². The van der Waals surface area contributed by atoms with Gasteiger partial charge < -0.3 is 14.6 Å². The molecule has 0 saturated heterocycles. The van der Waals surface area contributed by atoms with E-state index in [2.05, 4.69) is 15.5 Å². The van der Waals surface area contributed by atoms with Gasteiger partial charge in [0.2, 0.25) is 5.91 Å². The maximum atomic E-state index is 12.6. The quantitative estimate of drug-likeness (QED) is 0.596. The summed E-state index contributed by atoms with van der Waals surface area (Å²) < 4.78 is 7.03. The van der Waals surface area contributed by atoms with Gasteiger partial charge in [-0.3, -0.25) is 4.79 Å². The number of nitrogens with one attached hydrogen (secondary N) is 1. The molecule has 3 aromatic rings. The van der Waals surface area contributed by atoms with E-state index in [0.717, 1.165) is 17.0 Å². The number of benzene rings is 2. The van der Waals surface area contributed by atoms with E-state index in [0.29, 0.717) is 21.6 Å². The Balaban J connectivity index is 1.71. The van der Waals surface area contributed by atoms with Gasteiger partial charge in [-0.15, -0.1) is 10.2 Å². The first-order chi connectivity index (χ1) is 13.4. The molecule has 0 spiro atoms. The minimum Gasteiger partial charge on any atom is -0.495 e. The fraction of sp³-hybridized carbons (Fsp3) is 0.250. The molecule has 0 aliphatic rings. The van der Waals surface area contributed by atoms with Crippen molar-refractivity contribution >= 4 is 35.0 Å². The van der Waals surface area contributed by atoms with Crippen LogP contribution in [0.25, 0.3) is 11.4 Å². The molecule has 146 valence electrons. The van der Waals surface area contributed by atoms with Crippen LogP contribution in [0.3, 0.4) is 0 Å². The maximum Gasteiger partial charge on any atom is 0.237 e. The number of halogens is 1. The summed E-state index contributed by atoms with van der Waals surface area (Å²) in [6.45, 7) is 3.86. The molecule has 28 heavy (non-hydrogen) atoms. The third kappa shape index (κ3) is 4.31. The van der Waals surface area contributed by atoms with Crippen LogP contribution in [-0.4, -0.2) is 33.0 Å². The number of ether oxygens (including phenoxy) is 1. The van der Waals surface area contributed by atoms with Gasteiger partial charge in [-0.25, -0.2) is 0 Å². The molecule has 1 aromatic heterocycles. The first-order valence-corrected chi connectivity index (χ1v) is 9.93. The van der Waals surface area contributed by atoms with Crippen LogP contribution in [0.1, 0.15) is 12.5 Å². The van der Waals surface area contributed by atoms with Crippen molar-refractivity contribution in [2.45, 2.75) is 24.3 Å². The number of amides is 1. The molecule has 1 unspecified atom stereocenters. The summed E-state index contributed by atoms with van der Waals surface area (Å²) in [5, 5.41) is 12.2. The molecular formula is C20H21ClN4O2S. The molecule has 0 aliphatic heterocycles. The monoisotopic (exact) mass is 416 g/mol. The summed E-state index contributed by atoms with van der Waals surface area (Å²) in [5.74, 6) is 1.19. The minimum absolute atomic E-state index is 0.147. The zero-order valence-corrected chi connectivity index (χ0v) is 17.6. The number of nitrogens with zero attached hydrogens (tertiary/aromatic N) is 3. The Morgan fingerprint density at radius 1 is 1.25 bits per heavy atom. The molecule has 0 aliphatic carbocycles. The van der Waals surface area contributed by atoms with Crippen molar-refractivity contribution in [1.29, 1.82) is 0 Å².